The van der Waals surface area contributed by atoms with Gasteiger partial charge in [-0.2, -0.15) is 16.6 Å². The maximum absolute atomic E-state index is 8.86. The molecular weight excluding hydrogens is 228 g/mol. The topological polar surface area (TPSA) is 35.8 Å². The summed E-state index contributed by atoms with van der Waals surface area (Å²) in [6, 6.07) is 8.00. The lowest BCUT2D eigenvalue weighted by Gasteiger charge is -2.07. The second kappa shape index (κ2) is 5.03. The van der Waals surface area contributed by atoms with Gasteiger partial charge in [0, 0.05) is 12.2 Å². The van der Waals surface area contributed by atoms with Gasteiger partial charge in [0.15, 0.2) is 0 Å². The van der Waals surface area contributed by atoms with Crippen LogP contribution in [-0.2, 0) is 6.54 Å². The number of aryl methyl sites for hydroxylation is 2. The number of hydrogen-bond acceptors (Lipinski definition) is 3. The highest BCUT2D eigenvalue weighted by Gasteiger charge is 2.01. The van der Waals surface area contributed by atoms with Crippen LogP contribution in [-0.4, -0.2) is 0 Å². The smallest absolute Gasteiger partial charge is 0.0994 e. The van der Waals surface area contributed by atoms with Crippen molar-refractivity contribution in [3.05, 3.63) is 51.2 Å². The molecule has 2 nitrogen and oxygen atoms in total. The molecule has 17 heavy (non-hydrogen) atoms. The largest absolute Gasteiger partial charge is 0.381 e. The summed E-state index contributed by atoms with van der Waals surface area (Å²) in [5, 5.41) is 16.6. The number of anilines is 1. The SMILES string of the molecule is Cc1cc(NCc2cscc2C)ccc1C#N. The molecule has 86 valence electrons. The lowest BCUT2D eigenvalue weighted by Crippen LogP contribution is -2.00. The number of nitriles is 1. The molecule has 0 radical (unpaired) electrons. The van der Waals surface area contributed by atoms with E-state index >= 15 is 0 Å². The molecule has 1 aromatic heterocycles. The molecule has 0 unspecified atom stereocenters. The summed E-state index contributed by atoms with van der Waals surface area (Å²) in [4.78, 5) is 0. The molecule has 3 heteroatoms. The van der Waals surface area contributed by atoms with Gasteiger partial charge in [0.25, 0.3) is 0 Å². The molecule has 0 saturated carbocycles. The summed E-state index contributed by atoms with van der Waals surface area (Å²) in [5.74, 6) is 0. The average molecular weight is 242 g/mol. The zero-order valence-electron chi connectivity index (χ0n) is 9.95. The van der Waals surface area contributed by atoms with E-state index in [4.69, 9.17) is 5.26 Å². The van der Waals surface area contributed by atoms with Crippen LogP contribution in [0.3, 0.4) is 0 Å². The van der Waals surface area contributed by atoms with E-state index in [0.29, 0.717) is 0 Å². The van der Waals surface area contributed by atoms with Crippen molar-refractivity contribution in [2.45, 2.75) is 20.4 Å². The highest BCUT2D eigenvalue weighted by molar-refractivity contribution is 7.08. The van der Waals surface area contributed by atoms with Gasteiger partial charge in [0.1, 0.15) is 0 Å². The lowest BCUT2D eigenvalue weighted by molar-refractivity contribution is 1.13. The van der Waals surface area contributed by atoms with Crippen molar-refractivity contribution in [1.82, 2.24) is 0 Å². The minimum absolute atomic E-state index is 0.738. The molecule has 0 aliphatic heterocycles. The van der Waals surface area contributed by atoms with E-state index in [1.807, 2.05) is 25.1 Å². The van der Waals surface area contributed by atoms with Gasteiger partial charge in [-0.1, -0.05) is 0 Å². The zero-order chi connectivity index (χ0) is 12.3. The summed E-state index contributed by atoms with van der Waals surface area (Å²) in [5.41, 5.74) is 5.47. The fourth-order valence-corrected chi connectivity index (χ4v) is 2.52. The number of benzene rings is 1. The molecule has 0 amide bonds. The first-order valence-corrected chi connectivity index (χ1v) is 6.41. The van der Waals surface area contributed by atoms with E-state index in [-0.39, 0.29) is 0 Å². The van der Waals surface area contributed by atoms with Gasteiger partial charge in [0.05, 0.1) is 11.6 Å². The molecule has 2 aromatic rings. The Kier molecular flexibility index (Phi) is 3.46. The third-order valence-corrected chi connectivity index (χ3v) is 3.70. The monoisotopic (exact) mass is 242 g/mol. The molecule has 0 atom stereocenters. The van der Waals surface area contributed by atoms with Crippen molar-refractivity contribution in [3.63, 3.8) is 0 Å². The van der Waals surface area contributed by atoms with Crippen LogP contribution in [0.15, 0.2) is 29.0 Å². The van der Waals surface area contributed by atoms with Crippen LogP contribution in [0.5, 0.6) is 0 Å². The standard InChI is InChI=1S/C14H14N2S/c1-10-5-14(4-3-12(10)6-15)16-7-13-9-17-8-11(13)2/h3-5,8-9,16H,7H2,1-2H3. The minimum atomic E-state index is 0.738. The molecule has 1 heterocycles. The number of nitrogens with zero attached hydrogens (tertiary/aromatic N) is 1. The molecule has 1 aromatic carbocycles. The third kappa shape index (κ3) is 2.66. The average Bonchev–Trinajstić information content (AvgIpc) is 2.72. The molecular formula is C14H14N2S. The molecule has 0 fully saturated rings. The molecule has 0 spiro atoms. The first kappa shape index (κ1) is 11.7. The normalized spacial score (nSPS) is 9.94. The second-order valence-electron chi connectivity index (χ2n) is 4.08. The Bertz CT molecular complexity index is 564. The number of thiophene rings is 1. The van der Waals surface area contributed by atoms with Gasteiger partial charge in [-0.25, -0.2) is 0 Å². The van der Waals surface area contributed by atoms with Crippen molar-refractivity contribution < 1.29 is 0 Å². The number of hydrogen-bond donors (Lipinski definition) is 1. The molecule has 1 N–H and O–H groups in total. The first-order chi connectivity index (χ1) is 8.20. The van der Waals surface area contributed by atoms with E-state index in [1.165, 1.54) is 11.1 Å². The molecule has 2 rings (SSSR count). The van der Waals surface area contributed by atoms with Crippen molar-refractivity contribution in [2.24, 2.45) is 0 Å². The number of rotatable bonds is 3. The molecule has 0 aliphatic carbocycles. The van der Waals surface area contributed by atoms with Crippen LogP contribution in [0.4, 0.5) is 5.69 Å². The lowest BCUT2D eigenvalue weighted by atomic mass is 10.1. The summed E-state index contributed by atoms with van der Waals surface area (Å²) < 4.78 is 0. The fourth-order valence-electron chi connectivity index (χ4n) is 1.66. The van der Waals surface area contributed by atoms with E-state index in [0.717, 1.165) is 23.4 Å². The summed E-state index contributed by atoms with van der Waals surface area (Å²) in [6.45, 7) is 4.91. The van der Waals surface area contributed by atoms with Gasteiger partial charge in [-0.3, -0.25) is 0 Å². The predicted octanol–water partition coefficient (Wildman–Crippen LogP) is 3.85. The third-order valence-electron chi connectivity index (χ3n) is 2.79. The Hall–Kier alpha value is -1.79. The molecule has 0 saturated heterocycles. The van der Waals surface area contributed by atoms with Gasteiger partial charge >= 0.3 is 0 Å². The Balaban J connectivity index is 2.08. The molecule has 0 bridgehead atoms. The van der Waals surface area contributed by atoms with Gasteiger partial charge < -0.3 is 5.32 Å². The van der Waals surface area contributed by atoms with Crippen molar-refractivity contribution in [1.29, 1.82) is 5.26 Å². The summed E-state index contributed by atoms with van der Waals surface area (Å²) in [7, 11) is 0. The minimum Gasteiger partial charge on any atom is -0.381 e. The Morgan fingerprint density at radius 2 is 2.06 bits per heavy atom. The highest BCUT2D eigenvalue weighted by Crippen LogP contribution is 2.18. The summed E-state index contributed by atoms with van der Waals surface area (Å²) in [6.07, 6.45) is 0. The Labute approximate surface area is 106 Å². The maximum Gasteiger partial charge on any atom is 0.0994 e. The van der Waals surface area contributed by atoms with Crippen molar-refractivity contribution >= 4 is 17.0 Å². The Morgan fingerprint density at radius 1 is 1.24 bits per heavy atom. The van der Waals surface area contributed by atoms with Gasteiger partial charge in [-0.05, 0) is 59.5 Å². The summed E-state index contributed by atoms with van der Waals surface area (Å²) >= 11 is 1.73. The zero-order valence-corrected chi connectivity index (χ0v) is 10.8. The van der Waals surface area contributed by atoms with Gasteiger partial charge in [0.2, 0.25) is 0 Å². The van der Waals surface area contributed by atoms with E-state index in [2.05, 4.69) is 29.1 Å². The highest BCUT2D eigenvalue weighted by atomic mass is 32.1. The van der Waals surface area contributed by atoms with E-state index in [9.17, 15) is 0 Å². The van der Waals surface area contributed by atoms with E-state index in [1.54, 1.807) is 11.3 Å². The van der Waals surface area contributed by atoms with E-state index < -0.39 is 0 Å². The quantitative estimate of drug-likeness (QED) is 0.887. The Morgan fingerprint density at radius 3 is 2.65 bits per heavy atom. The van der Waals surface area contributed by atoms with Crippen LogP contribution >= 0.6 is 11.3 Å². The molecule has 0 aliphatic rings. The van der Waals surface area contributed by atoms with Crippen LogP contribution < -0.4 is 5.32 Å². The fraction of sp³-hybridized carbons (Fsp3) is 0.214. The maximum atomic E-state index is 8.86. The second-order valence-corrected chi connectivity index (χ2v) is 4.82. The van der Waals surface area contributed by atoms with Crippen LogP contribution in [0.1, 0.15) is 22.3 Å². The van der Waals surface area contributed by atoms with Crippen LogP contribution in [0, 0.1) is 25.2 Å². The number of nitrogens with one attached hydrogen (secondary N) is 1. The van der Waals surface area contributed by atoms with Crippen molar-refractivity contribution in [3.8, 4) is 6.07 Å². The van der Waals surface area contributed by atoms with Crippen LogP contribution in [0.2, 0.25) is 0 Å². The van der Waals surface area contributed by atoms with Gasteiger partial charge in [-0.15, -0.1) is 0 Å². The van der Waals surface area contributed by atoms with Crippen LogP contribution in [0.25, 0.3) is 0 Å². The van der Waals surface area contributed by atoms with Crippen molar-refractivity contribution in [2.75, 3.05) is 5.32 Å². The predicted molar refractivity (Wildman–Crippen MR) is 72.3 cm³/mol. The first-order valence-electron chi connectivity index (χ1n) is 5.47.